The number of carbonyl (C=O) groups is 1. The topological polar surface area (TPSA) is 58.4 Å². The molecule has 1 aliphatic heterocycles. The van der Waals surface area contributed by atoms with E-state index in [1.54, 1.807) is 6.20 Å². The summed E-state index contributed by atoms with van der Waals surface area (Å²) < 4.78 is 1.91. The molecule has 5 nitrogen and oxygen atoms in total. The molecule has 0 unspecified atom stereocenters. The lowest BCUT2D eigenvalue weighted by atomic mass is 10.1. The van der Waals surface area contributed by atoms with Gasteiger partial charge in [-0.2, -0.15) is 5.10 Å². The van der Waals surface area contributed by atoms with Gasteiger partial charge in [-0.1, -0.05) is 0 Å². The normalized spacial score (nSPS) is 23.4. The highest BCUT2D eigenvalue weighted by Gasteiger charge is 2.31. The number of carboxylic acids is 1. The van der Waals surface area contributed by atoms with Crippen molar-refractivity contribution in [3.63, 3.8) is 0 Å². The number of hydrogen-bond acceptors (Lipinski definition) is 3. The number of hydrogen-bond donors (Lipinski definition) is 1. The zero-order valence-electron chi connectivity index (χ0n) is 9.41. The minimum atomic E-state index is -0.750. The maximum absolute atomic E-state index is 10.7. The molecule has 0 bridgehead atoms. The molecule has 2 heterocycles. The molecule has 0 saturated carbocycles. The van der Waals surface area contributed by atoms with Gasteiger partial charge in [-0.15, -0.1) is 0 Å². The summed E-state index contributed by atoms with van der Waals surface area (Å²) in [6.07, 6.45) is 5.81. The highest BCUT2D eigenvalue weighted by Crippen LogP contribution is 2.26. The molecule has 0 aliphatic carbocycles. The van der Waals surface area contributed by atoms with Crippen LogP contribution in [-0.2, 0) is 4.79 Å². The Labute approximate surface area is 94.7 Å². The molecule has 2 atom stereocenters. The van der Waals surface area contributed by atoms with E-state index < -0.39 is 5.97 Å². The summed E-state index contributed by atoms with van der Waals surface area (Å²) in [5.41, 5.74) is 0. The average Bonchev–Trinajstić information content (AvgIpc) is 2.84. The molecule has 0 spiro atoms. The van der Waals surface area contributed by atoms with Gasteiger partial charge in [0.1, 0.15) is 0 Å². The predicted octanol–water partition coefficient (Wildman–Crippen LogP) is 0.993. The molecular formula is C11H17N3O2. The Balaban J connectivity index is 2.05. The van der Waals surface area contributed by atoms with Gasteiger partial charge in [0.2, 0.25) is 0 Å². The van der Waals surface area contributed by atoms with Crippen LogP contribution in [0.2, 0.25) is 0 Å². The van der Waals surface area contributed by atoms with Crippen molar-refractivity contribution in [3.05, 3.63) is 18.5 Å². The molecule has 0 radical (unpaired) electrons. The van der Waals surface area contributed by atoms with Crippen LogP contribution in [0.3, 0.4) is 0 Å². The third-order valence-electron chi connectivity index (χ3n) is 3.25. The first kappa shape index (κ1) is 11.1. The molecule has 5 heteroatoms. The number of rotatable bonds is 4. The van der Waals surface area contributed by atoms with Gasteiger partial charge in [-0.05, 0) is 32.4 Å². The first-order valence-corrected chi connectivity index (χ1v) is 5.63. The van der Waals surface area contributed by atoms with Crippen LogP contribution in [0.25, 0.3) is 0 Å². The van der Waals surface area contributed by atoms with Gasteiger partial charge >= 0.3 is 5.97 Å². The fourth-order valence-corrected chi connectivity index (χ4v) is 2.47. The van der Waals surface area contributed by atoms with E-state index in [-0.39, 0.29) is 18.6 Å². The van der Waals surface area contributed by atoms with Crippen molar-refractivity contribution in [2.24, 2.45) is 0 Å². The van der Waals surface area contributed by atoms with E-state index in [4.69, 9.17) is 5.11 Å². The van der Waals surface area contributed by atoms with Gasteiger partial charge in [-0.3, -0.25) is 14.4 Å². The predicted molar refractivity (Wildman–Crippen MR) is 59.2 cm³/mol. The molecule has 1 fully saturated rings. The van der Waals surface area contributed by atoms with Crippen LogP contribution in [0.1, 0.15) is 25.8 Å². The lowest BCUT2D eigenvalue weighted by molar-refractivity contribution is -0.138. The number of nitrogens with zero attached hydrogens (tertiary/aromatic N) is 3. The van der Waals surface area contributed by atoms with Crippen molar-refractivity contribution in [3.8, 4) is 0 Å². The zero-order chi connectivity index (χ0) is 11.5. The third-order valence-corrected chi connectivity index (χ3v) is 3.25. The Morgan fingerprint density at radius 2 is 2.50 bits per heavy atom. The Hall–Kier alpha value is -1.36. The van der Waals surface area contributed by atoms with Crippen LogP contribution >= 0.6 is 0 Å². The van der Waals surface area contributed by atoms with E-state index in [2.05, 4.69) is 12.0 Å². The monoisotopic (exact) mass is 223 g/mol. The molecule has 1 aromatic heterocycles. The van der Waals surface area contributed by atoms with Crippen LogP contribution in [-0.4, -0.2) is 44.9 Å². The minimum absolute atomic E-state index is 0.135. The summed E-state index contributed by atoms with van der Waals surface area (Å²) in [5, 5.41) is 13.1. The fourth-order valence-electron chi connectivity index (χ4n) is 2.47. The minimum Gasteiger partial charge on any atom is -0.480 e. The van der Waals surface area contributed by atoms with E-state index in [9.17, 15) is 4.79 Å². The quantitative estimate of drug-likeness (QED) is 0.827. The number of aromatic nitrogens is 2. The van der Waals surface area contributed by atoms with E-state index in [1.165, 1.54) is 0 Å². The summed E-state index contributed by atoms with van der Waals surface area (Å²) in [7, 11) is 0. The summed E-state index contributed by atoms with van der Waals surface area (Å²) in [6.45, 7) is 3.11. The second kappa shape index (κ2) is 4.65. The zero-order valence-corrected chi connectivity index (χ0v) is 9.41. The average molecular weight is 223 g/mol. The Bertz CT molecular complexity index is 350. The van der Waals surface area contributed by atoms with Crippen LogP contribution in [0.4, 0.5) is 0 Å². The van der Waals surface area contributed by atoms with Crippen molar-refractivity contribution in [1.29, 1.82) is 0 Å². The maximum atomic E-state index is 10.7. The largest absolute Gasteiger partial charge is 0.480 e. The van der Waals surface area contributed by atoms with Crippen molar-refractivity contribution in [2.45, 2.75) is 31.8 Å². The molecule has 0 amide bonds. The second-order valence-corrected chi connectivity index (χ2v) is 4.30. The van der Waals surface area contributed by atoms with Crippen LogP contribution in [0.5, 0.6) is 0 Å². The first-order valence-electron chi connectivity index (χ1n) is 5.63. The molecule has 1 saturated heterocycles. The summed E-state index contributed by atoms with van der Waals surface area (Å²) >= 11 is 0. The van der Waals surface area contributed by atoms with E-state index >= 15 is 0 Å². The maximum Gasteiger partial charge on any atom is 0.317 e. The molecule has 16 heavy (non-hydrogen) atoms. The highest BCUT2D eigenvalue weighted by atomic mass is 16.4. The van der Waals surface area contributed by atoms with Crippen LogP contribution < -0.4 is 0 Å². The molecule has 88 valence electrons. The number of aliphatic carboxylic acids is 1. The molecule has 1 aliphatic rings. The fraction of sp³-hybridized carbons (Fsp3) is 0.636. The number of carboxylic acid groups (broad SMARTS) is 1. The Kier molecular flexibility index (Phi) is 3.24. The molecule has 0 aromatic carbocycles. The van der Waals surface area contributed by atoms with E-state index in [0.29, 0.717) is 0 Å². The summed E-state index contributed by atoms with van der Waals surface area (Å²) in [5.74, 6) is -0.750. The summed E-state index contributed by atoms with van der Waals surface area (Å²) in [4.78, 5) is 12.8. The van der Waals surface area contributed by atoms with Gasteiger partial charge < -0.3 is 5.11 Å². The van der Waals surface area contributed by atoms with Gasteiger partial charge in [0.25, 0.3) is 0 Å². The summed E-state index contributed by atoms with van der Waals surface area (Å²) in [6, 6.07) is 2.42. The van der Waals surface area contributed by atoms with Crippen molar-refractivity contribution < 1.29 is 9.90 Å². The number of likely N-dealkylation sites (tertiary alicyclic amines) is 1. The first-order chi connectivity index (χ1) is 7.68. The lowest BCUT2D eigenvalue weighted by Gasteiger charge is -2.28. The van der Waals surface area contributed by atoms with Crippen molar-refractivity contribution >= 4 is 5.97 Å². The molecular weight excluding hydrogens is 206 g/mol. The van der Waals surface area contributed by atoms with Gasteiger partial charge in [0, 0.05) is 18.4 Å². The molecule has 1 N–H and O–H groups in total. The van der Waals surface area contributed by atoms with Crippen molar-refractivity contribution in [2.75, 3.05) is 13.1 Å². The third kappa shape index (κ3) is 2.24. The van der Waals surface area contributed by atoms with E-state index in [0.717, 1.165) is 19.4 Å². The Morgan fingerprint density at radius 1 is 1.69 bits per heavy atom. The second-order valence-electron chi connectivity index (χ2n) is 4.30. The van der Waals surface area contributed by atoms with Crippen LogP contribution in [0, 0.1) is 0 Å². The lowest BCUT2D eigenvalue weighted by Crippen LogP contribution is -2.39. The standard InChI is InChI=1S/C11H17N3O2/c1-9(14-7-3-5-12-14)10-4-2-6-13(10)8-11(15)16/h3,5,7,9-10H,2,4,6,8H2,1H3,(H,15,16)/t9-,10-/m1/s1. The van der Waals surface area contributed by atoms with Gasteiger partial charge in [0.15, 0.2) is 0 Å². The van der Waals surface area contributed by atoms with Gasteiger partial charge in [0.05, 0.1) is 12.6 Å². The van der Waals surface area contributed by atoms with Crippen molar-refractivity contribution in [1.82, 2.24) is 14.7 Å². The van der Waals surface area contributed by atoms with Gasteiger partial charge in [-0.25, -0.2) is 0 Å². The SMILES string of the molecule is C[C@H]([C@H]1CCCN1CC(=O)O)n1cccn1. The smallest absolute Gasteiger partial charge is 0.317 e. The van der Waals surface area contributed by atoms with Crippen LogP contribution in [0.15, 0.2) is 18.5 Å². The highest BCUT2D eigenvalue weighted by molar-refractivity contribution is 5.69. The molecule has 1 aromatic rings. The Morgan fingerprint density at radius 3 is 3.12 bits per heavy atom. The molecule has 2 rings (SSSR count). The van der Waals surface area contributed by atoms with E-state index in [1.807, 2.05) is 21.8 Å².